The van der Waals surface area contributed by atoms with Gasteiger partial charge in [-0.05, 0) is 68.8 Å². The van der Waals surface area contributed by atoms with Crippen molar-refractivity contribution in [3.8, 4) is 0 Å². The average molecular weight is 300 g/mol. The van der Waals surface area contributed by atoms with Crippen LogP contribution in [0, 0.1) is 0 Å². The van der Waals surface area contributed by atoms with Gasteiger partial charge in [-0.3, -0.25) is 9.88 Å². The summed E-state index contributed by atoms with van der Waals surface area (Å²) in [7, 11) is 0. The van der Waals surface area contributed by atoms with Crippen LogP contribution in [0.3, 0.4) is 0 Å². The maximum atomic E-state index is 4.37. The Bertz CT molecular complexity index is 595. The molecule has 0 radical (unpaired) electrons. The molecule has 118 valence electrons. The van der Waals surface area contributed by atoms with Crippen molar-refractivity contribution in [2.45, 2.75) is 51.6 Å². The predicted octanol–water partition coefficient (Wildman–Crippen LogP) is 2.40. The van der Waals surface area contributed by atoms with Crippen molar-refractivity contribution >= 4 is 0 Å². The zero-order chi connectivity index (χ0) is 15.6. The van der Waals surface area contributed by atoms with Crippen LogP contribution in [0.5, 0.6) is 0 Å². The van der Waals surface area contributed by atoms with Crippen molar-refractivity contribution in [2.24, 2.45) is 0 Å². The first-order valence-corrected chi connectivity index (χ1v) is 8.00. The van der Waals surface area contributed by atoms with Crippen LogP contribution in [0.25, 0.3) is 0 Å². The van der Waals surface area contributed by atoms with Crippen molar-refractivity contribution in [3.05, 3.63) is 35.9 Å². The Kier molecular flexibility index (Phi) is 4.20. The molecule has 1 aliphatic rings. The fourth-order valence-corrected chi connectivity index (χ4v) is 3.08. The second kappa shape index (κ2) is 6.12. The number of rotatable bonds is 3. The summed E-state index contributed by atoms with van der Waals surface area (Å²) in [5, 5.41) is 12.5. The number of piperidine rings is 1. The topological polar surface area (TPSA) is 59.7 Å². The van der Waals surface area contributed by atoms with E-state index in [0.29, 0.717) is 0 Å². The second-order valence-corrected chi connectivity index (χ2v) is 6.91. The van der Waals surface area contributed by atoms with E-state index in [-0.39, 0.29) is 11.6 Å². The molecule has 0 unspecified atom stereocenters. The van der Waals surface area contributed by atoms with Gasteiger partial charge in [0.1, 0.15) is 0 Å². The van der Waals surface area contributed by atoms with Gasteiger partial charge in [0.05, 0.1) is 11.6 Å². The molecule has 6 nitrogen and oxygen atoms in total. The van der Waals surface area contributed by atoms with Crippen molar-refractivity contribution in [2.75, 3.05) is 13.1 Å². The second-order valence-electron chi connectivity index (χ2n) is 6.91. The summed E-state index contributed by atoms with van der Waals surface area (Å²) < 4.78 is 1.94. The first-order chi connectivity index (χ1) is 10.6. The third-order valence-electron chi connectivity index (χ3n) is 4.13. The van der Waals surface area contributed by atoms with E-state index in [0.717, 1.165) is 24.5 Å². The molecular formula is C16H24N6. The van der Waals surface area contributed by atoms with Crippen molar-refractivity contribution in [1.29, 1.82) is 0 Å². The highest BCUT2D eigenvalue weighted by Crippen LogP contribution is 2.31. The lowest BCUT2D eigenvalue weighted by molar-refractivity contribution is 0.170. The maximum Gasteiger partial charge on any atom is 0.173 e. The van der Waals surface area contributed by atoms with E-state index >= 15 is 0 Å². The molecular weight excluding hydrogens is 276 g/mol. The Balaban J connectivity index is 2.04. The van der Waals surface area contributed by atoms with Crippen molar-refractivity contribution in [3.63, 3.8) is 0 Å². The molecule has 0 amide bonds. The highest BCUT2D eigenvalue weighted by molar-refractivity contribution is 5.22. The Labute approximate surface area is 131 Å². The summed E-state index contributed by atoms with van der Waals surface area (Å²) in [4.78, 5) is 6.78. The number of hydrogen-bond donors (Lipinski definition) is 0. The van der Waals surface area contributed by atoms with Crippen LogP contribution in [-0.2, 0) is 5.54 Å². The molecule has 3 heterocycles. The number of tetrazole rings is 1. The summed E-state index contributed by atoms with van der Waals surface area (Å²) >= 11 is 0. The van der Waals surface area contributed by atoms with E-state index in [9.17, 15) is 0 Å². The Hall–Kier alpha value is -1.82. The van der Waals surface area contributed by atoms with Crippen LogP contribution in [0.15, 0.2) is 24.5 Å². The molecule has 2 aromatic rings. The zero-order valence-electron chi connectivity index (χ0n) is 13.6. The molecule has 3 rings (SSSR count). The fourth-order valence-electron chi connectivity index (χ4n) is 3.08. The van der Waals surface area contributed by atoms with Gasteiger partial charge in [0, 0.05) is 12.4 Å². The minimum Gasteiger partial charge on any atom is -0.290 e. The van der Waals surface area contributed by atoms with Crippen LogP contribution in [0.1, 0.15) is 57.5 Å². The third kappa shape index (κ3) is 3.02. The summed E-state index contributed by atoms with van der Waals surface area (Å²) in [5.41, 5.74) is 1.01. The first kappa shape index (κ1) is 15.1. The highest BCUT2D eigenvalue weighted by Gasteiger charge is 2.31. The number of hydrogen-bond acceptors (Lipinski definition) is 5. The first-order valence-electron chi connectivity index (χ1n) is 8.00. The Morgan fingerprint density at radius 1 is 1.14 bits per heavy atom. The van der Waals surface area contributed by atoms with Gasteiger partial charge in [0.2, 0.25) is 0 Å². The smallest absolute Gasteiger partial charge is 0.173 e. The van der Waals surface area contributed by atoms with Crippen LogP contribution in [0.4, 0.5) is 0 Å². The molecule has 1 saturated heterocycles. The van der Waals surface area contributed by atoms with E-state index in [1.807, 2.05) is 23.1 Å². The molecule has 0 saturated carbocycles. The molecule has 2 aromatic heterocycles. The molecule has 0 spiro atoms. The predicted molar refractivity (Wildman–Crippen MR) is 84.3 cm³/mol. The average Bonchev–Trinajstić information content (AvgIpc) is 2.99. The molecule has 0 aliphatic carbocycles. The van der Waals surface area contributed by atoms with Crippen LogP contribution in [-0.4, -0.2) is 43.2 Å². The molecule has 1 aliphatic heterocycles. The van der Waals surface area contributed by atoms with Crippen LogP contribution in [0.2, 0.25) is 0 Å². The van der Waals surface area contributed by atoms with Gasteiger partial charge in [-0.15, -0.1) is 5.10 Å². The molecule has 0 N–H and O–H groups in total. The van der Waals surface area contributed by atoms with Crippen molar-refractivity contribution < 1.29 is 0 Å². The summed E-state index contributed by atoms with van der Waals surface area (Å²) in [6.07, 6.45) is 7.51. The number of pyridine rings is 1. The number of aromatic nitrogens is 5. The molecule has 1 fully saturated rings. The Morgan fingerprint density at radius 2 is 1.91 bits per heavy atom. The molecule has 1 atom stereocenters. The molecule has 0 aromatic carbocycles. The van der Waals surface area contributed by atoms with E-state index in [2.05, 4.69) is 52.2 Å². The SMILES string of the molecule is CC(C)(C)n1nnnc1[C@H](c1cccnc1)N1CCCCC1. The third-order valence-corrected chi connectivity index (χ3v) is 4.13. The quantitative estimate of drug-likeness (QED) is 0.871. The lowest BCUT2D eigenvalue weighted by Crippen LogP contribution is -2.38. The van der Waals surface area contributed by atoms with Gasteiger partial charge in [0.15, 0.2) is 5.82 Å². The summed E-state index contributed by atoms with van der Waals surface area (Å²) in [5.74, 6) is 0.905. The zero-order valence-corrected chi connectivity index (χ0v) is 13.6. The van der Waals surface area contributed by atoms with Crippen molar-refractivity contribution in [1.82, 2.24) is 30.1 Å². The molecule has 6 heteroatoms. The number of nitrogens with zero attached hydrogens (tertiary/aromatic N) is 6. The lowest BCUT2D eigenvalue weighted by atomic mass is 10.0. The van der Waals surface area contributed by atoms with Gasteiger partial charge in [-0.1, -0.05) is 12.5 Å². The van der Waals surface area contributed by atoms with Crippen LogP contribution >= 0.6 is 0 Å². The Morgan fingerprint density at radius 3 is 2.55 bits per heavy atom. The largest absolute Gasteiger partial charge is 0.290 e. The van der Waals surface area contributed by atoms with Gasteiger partial charge in [-0.2, -0.15) is 0 Å². The normalized spacial score (nSPS) is 18.3. The number of likely N-dealkylation sites (tertiary alicyclic amines) is 1. The lowest BCUT2D eigenvalue weighted by Gasteiger charge is -2.35. The monoisotopic (exact) mass is 300 g/mol. The van der Waals surface area contributed by atoms with E-state index < -0.39 is 0 Å². The van der Waals surface area contributed by atoms with E-state index in [1.54, 1.807) is 0 Å². The standard InChI is InChI=1S/C16H24N6/c1-16(2,3)22-15(18-19-20-22)14(13-8-7-9-17-12-13)21-10-5-4-6-11-21/h7-9,12,14H,4-6,10-11H2,1-3H3/t14-/m0/s1. The minimum atomic E-state index is -0.144. The van der Waals surface area contributed by atoms with Crippen LogP contribution < -0.4 is 0 Å². The summed E-state index contributed by atoms with van der Waals surface area (Å²) in [6, 6.07) is 4.18. The van der Waals surface area contributed by atoms with Gasteiger partial charge >= 0.3 is 0 Å². The minimum absolute atomic E-state index is 0.0724. The van der Waals surface area contributed by atoms with E-state index in [4.69, 9.17) is 0 Å². The molecule has 22 heavy (non-hydrogen) atoms. The summed E-state index contributed by atoms with van der Waals surface area (Å²) in [6.45, 7) is 8.54. The van der Waals surface area contributed by atoms with Gasteiger partial charge in [0.25, 0.3) is 0 Å². The molecule has 0 bridgehead atoms. The highest BCUT2D eigenvalue weighted by atomic mass is 15.6. The maximum absolute atomic E-state index is 4.37. The van der Waals surface area contributed by atoms with E-state index in [1.165, 1.54) is 19.3 Å². The van der Waals surface area contributed by atoms with Gasteiger partial charge in [-0.25, -0.2) is 4.68 Å². The fraction of sp³-hybridized carbons (Fsp3) is 0.625. The van der Waals surface area contributed by atoms with Gasteiger partial charge < -0.3 is 0 Å².